The standard InChI is InChI=1S/C21H18N4O4/c1-14-5-8-17(9-6-14)23-21(27)16-7-10-19(20(12-16)25(28)29)24-22-13-15-3-2-4-18(26)11-15/h2-12,26H,13H2,1H3,(H,23,27). The molecule has 0 aliphatic heterocycles. The average Bonchev–Trinajstić information content (AvgIpc) is 2.70. The van der Waals surface area contributed by atoms with E-state index in [4.69, 9.17) is 0 Å². The van der Waals surface area contributed by atoms with Crippen LogP contribution in [-0.2, 0) is 6.54 Å². The van der Waals surface area contributed by atoms with Crippen LogP contribution >= 0.6 is 0 Å². The van der Waals surface area contributed by atoms with Crippen molar-refractivity contribution in [3.05, 3.63) is 93.5 Å². The molecule has 29 heavy (non-hydrogen) atoms. The highest BCUT2D eigenvalue weighted by molar-refractivity contribution is 6.05. The number of aryl methyl sites for hydroxylation is 1. The number of carbonyl (C=O) groups is 1. The second-order valence-corrected chi connectivity index (χ2v) is 6.35. The molecule has 8 heteroatoms. The Labute approximate surface area is 166 Å². The molecule has 0 unspecified atom stereocenters. The Morgan fingerprint density at radius 2 is 1.86 bits per heavy atom. The fourth-order valence-electron chi connectivity index (χ4n) is 2.58. The Bertz CT molecular complexity index is 1080. The van der Waals surface area contributed by atoms with Gasteiger partial charge in [-0.25, -0.2) is 0 Å². The molecule has 0 saturated heterocycles. The zero-order valence-corrected chi connectivity index (χ0v) is 15.6. The molecule has 0 spiro atoms. The molecule has 0 radical (unpaired) electrons. The van der Waals surface area contributed by atoms with Gasteiger partial charge >= 0.3 is 0 Å². The van der Waals surface area contributed by atoms with Gasteiger partial charge in [0.25, 0.3) is 11.6 Å². The van der Waals surface area contributed by atoms with Gasteiger partial charge in [-0.05, 0) is 48.9 Å². The van der Waals surface area contributed by atoms with Crippen molar-refractivity contribution in [3.8, 4) is 5.75 Å². The molecule has 0 aliphatic carbocycles. The number of azo groups is 1. The number of amides is 1. The van der Waals surface area contributed by atoms with E-state index in [1.165, 1.54) is 30.3 Å². The SMILES string of the molecule is Cc1ccc(NC(=O)c2ccc(N=NCc3cccc(O)c3)c([N+](=O)[O-])c2)cc1. The number of hydrogen-bond acceptors (Lipinski definition) is 6. The first-order chi connectivity index (χ1) is 13.9. The predicted octanol–water partition coefficient (Wildman–Crippen LogP) is 5.15. The molecule has 8 nitrogen and oxygen atoms in total. The fourth-order valence-corrected chi connectivity index (χ4v) is 2.58. The number of aromatic hydroxyl groups is 1. The van der Waals surface area contributed by atoms with Gasteiger partial charge in [-0.1, -0.05) is 29.8 Å². The van der Waals surface area contributed by atoms with E-state index < -0.39 is 10.8 Å². The number of phenolic OH excluding ortho intramolecular Hbond substituents is 1. The third kappa shape index (κ3) is 5.23. The van der Waals surface area contributed by atoms with Gasteiger partial charge in [-0.3, -0.25) is 14.9 Å². The number of hydrogen-bond donors (Lipinski definition) is 2. The van der Waals surface area contributed by atoms with Crippen LogP contribution in [0.25, 0.3) is 0 Å². The molecule has 3 rings (SSSR count). The van der Waals surface area contributed by atoms with Crippen molar-refractivity contribution in [1.82, 2.24) is 0 Å². The molecule has 0 bridgehead atoms. The maximum Gasteiger partial charge on any atom is 0.297 e. The minimum Gasteiger partial charge on any atom is -0.508 e. The maximum absolute atomic E-state index is 12.4. The second-order valence-electron chi connectivity index (χ2n) is 6.35. The lowest BCUT2D eigenvalue weighted by molar-refractivity contribution is -0.384. The summed E-state index contributed by atoms with van der Waals surface area (Å²) in [6, 6.07) is 17.7. The Balaban J connectivity index is 1.77. The third-order valence-electron chi connectivity index (χ3n) is 4.09. The Morgan fingerprint density at radius 3 is 2.55 bits per heavy atom. The molecule has 3 aromatic rings. The van der Waals surface area contributed by atoms with Crippen molar-refractivity contribution in [3.63, 3.8) is 0 Å². The number of nitro benzene ring substituents is 1. The van der Waals surface area contributed by atoms with Crippen LogP contribution in [0.2, 0.25) is 0 Å². The van der Waals surface area contributed by atoms with Crippen LogP contribution in [-0.4, -0.2) is 15.9 Å². The summed E-state index contributed by atoms with van der Waals surface area (Å²) in [5, 5.41) is 31.4. The number of rotatable bonds is 6. The summed E-state index contributed by atoms with van der Waals surface area (Å²) in [5.41, 5.74) is 2.23. The minimum atomic E-state index is -0.606. The van der Waals surface area contributed by atoms with Crippen molar-refractivity contribution < 1.29 is 14.8 Å². The van der Waals surface area contributed by atoms with E-state index in [-0.39, 0.29) is 29.2 Å². The molecule has 0 atom stereocenters. The third-order valence-corrected chi connectivity index (χ3v) is 4.09. The van der Waals surface area contributed by atoms with E-state index in [2.05, 4.69) is 15.5 Å². The summed E-state index contributed by atoms with van der Waals surface area (Å²) in [5.74, 6) is -0.354. The molecule has 3 aromatic carbocycles. The van der Waals surface area contributed by atoms with Gasteiger partial charge in [0.2, 0.25) is 0 Å². The van der Waals surface area contributed by atoms with Gasteiger partial charge in [0.15, 0.2) is 5.69 Å². The summed E-state index contributed by atoms with van der Waals surface area (Å²) in [6.07, 6.45) is 0. The summed E-state index contributed by atoms with van der Waals surface area (Å²) < 4.78 is 0. The Hall–Kier alpha value is -4.07. The van der Waals surface area contributed by atoms with Gasteiger partial charge < -0.3 is 10.4 Å². The molecule has 1 amide bonds. The smallest absolute Gasteiger partial charge is 0.297 e. The van der Waals surface area contributed by atoms with Crippen molar-refractivity contribution in [1.29, 1.82) is 0 Å². The molecular weight excluding hydrogens is 372 g/mol. The molecule has 2 N–H and O–H groups in total. The largest absolute Gasteiger partial charge is 0.508 e. The lowest BCUT2D eigenvalue weighted by atomic mass is 10.1. The van der Waals surface area contributed by atoms with E-state index >= 15 is 0 Å². The predicted molar refractivity (Wildman–Crippen MR) is 109 cm³/mol. The zero-order chi connectivity index (χ0) is 20.8. The zero-order valence-electron chi connectivity index (χ0n) is 15.6. The average molecular weight is 390 g/mol. The molecule has 0 saturated carbocycles. The van der Waals surface area contributed by atoms with Crippen LogP contribution in [0.5, 0.6) is 5.75 Å². The number of benzene rings is 3. The van der Waals surface area contributed by atoms with Gasteiger partial charge in [0.05, 0.1) is 11.5 Å². The van der Waals surface area contributed by atoms with Gasteiger partial charge in [-0.2, -0.15) is 5.11 Å². The van der Waals surface area contributed by atoms with Crippen molar-refractivity contribution in [2.75, 3.05) is 5.32 Å². The molecule has 0 heterocycles. The lowest BCUT2D eigenvalue weighted by Gasteiger charge is -2.06. The van der Waals surface area contributed by atoms with Crippen LogP contribution in [0.4, 0.5) is 17.1 Å². The van der Waals surface area contributed by atoms with Crippen LogP contribution in [0.1, 0.15) is 21.5 Å². The number of anilines is 1. The minimum absolute atomic E-state index is 0.0436. The quantitative estimate of drug-likeness (QED) is 0.344. The Morgan fingerprint density at radius 1 is 1.10 bits per heavy atom. The van der Waals surface area contributed by atoms with Crippen molar-refractivity contribution >= 4 is 23.0 Å². The summed E-state index contributed by atoms with van der Waals surface area (Å²) in [6.45, 7) is 2.09. The number of carbonyl (C=O) groups excluding carboxylic acids is 1. The second kappa shape index (κ2) is 8.75. The number of nitrogens with one attached hydrogen (secondary N) is 1. The van der Waals surface area contributed by atoms with Gasteiger partial charge in [0, 0.05) is 17.3 Å². The van der Waals surface area contributed by atoms with E-state index in [1.807, 2.05) is 19.1 Å². The van der Waals surface area contributed by atoms with Gasteiger partial charge in [0.1, 0.15) is 5.75 Å². The highest BCUT2D eigenvalue weighted by atomic mass is 16.6. The highest BCUT2D eigenvalue weighted by Gasteiger charge is 2.18. The molecular formula is C21H18N4O4. The Kier molecular flexibility index (Phi) is 5.94. The monoisotopic (exact) mass is 390 g/mol. The van der Waals surface area contributed by atoms with Crippen LogP contribution in [0, 0.1) is 17.0 Å². The molecule has 146 valence electrons. The van der Waals surface area contributed by atoms with E-state index in [9.17, 15) is 20.0 Å². The summed E-state index contributed by atoms with van der Waals surface area (Å²) in [7, 11) is 0. The first kappa shape index (κ1) is 19.7. The summed E-state index contributed by atoms with van der Waals surface area (Å²) >= 11 is 0. The topological polar surface area (TPSA) is 117 Å². The summed E-state index contributed by atoms with van der Waals surface area (Å²) in [4.78, 5) is 23.2. The van der Waals surface area contributed by atoms with E-state index in [0.29, 0.717) is 11.3 Å². The normalized spacial score (nSPS) is 10.8. The van der Waals surface area contributed by atoms with Crippen LogP contribution < -0.4 is 5.32 Å². The molecule has 0 aromatic heterocycles. The van der Waals surface area contributed by atoms with Crippen molar-refractivity contribution in [2.45, 2.75) is 13.5 Å². The maximum atomic E-state index is 12.4. The number of phenols is 1. The van der Waals surface area contributed by atoms with Crippen LogP contribution in [0.3, 0.4) is 0 Å². The number of nitrogens with zero attached hydrogens (tertiary/aromatic N) is 3. The van der Waals surface area contributed by atoms with Gasteiger partial charge in [-0.15, -0.1) is 5.11 Å². The van der Waals surface area contributed by atoms with Crippen molar-refractivity contribution in [2.24, 2.45) is 10.2 Å². The lowest BCUT2D eigenvalue weighted by Crippen LogP contribution is -2.12. The van der Waals surface area contributed by atoms with Crippen LogP contribution in [0.15, 0.2) is 77.0 Å². The van der Waals surface area contributed by atoms with E-state index in [0.717, 1.165) is 5.56 Å². The fraction of sp³-hybridized carbons (Fsp3) is 0.0952. The van der Waals surface area contributed by atoms with E-state index in [1.54, 1.807) is 24.3 Å². The first-order valence-corrected chi connectivity index (χ1v) is 8.74. The molecule has 0 fully saturated rings. The highest BCUT2D eigenvalue weighted by Crippen LogP contribution is 2.29. The first-order valence-electron chi connectivity index (χ1n) is 8.74. The molecule has 0 aliphatic rings. The number of nitro groups is 1.